The monoisotopic (exact) mass is 311 g/mol. The molecule has 1 amide bonds. The number of amides is 1. The molecule has 118 valence electrons. The van der Waals surface area contributed by atoms with Crippen molar-refractivity contribution in [2.24, 2.45) is 0 Å². The number of carbonyl (C=O) groups excluding carboxylic acids is 1. The average molecular weight is 311 g/mol. The first kappa shape index (κ1) is 13.9. The van der Waals surface area contributed by atoms with Crippen molar-refractivity contribution in [1.82, 2.24) is 4.90 Å². The molecular weight excluding hydrogens is 294 g/mol. The summed E-state index contributed by atoms with van der Waals surface area (Å²) in [5.41, 5.74) is 2.99. The molecule has 0 bridgehead atoms. The standard InChI is InChI=1S/C18H17NO4/c1-21-15-4-2-3-13(7-15)18(20)19-6-5-12-8-16-17(23-11-22-16)9-14(12)10-19/h2-4,7-9H,5-6,10-11H2,1H3. The summed E-state index contributed by atoms with van der Waals surface area (Å²) in [5, 5.41) is 0. The van der Waals surface area contributed by atoms with E-state index < -0.39 is 0 Å². The van der Waals surface area contributed by atoms with Crippen molar-refractivity contribution in [1.29, 1.82) is 0 Å². The summed E-state index contributed by atoms with van der Waals surface area (Å²) < 4.78 is 16.0. The fourth-order valence-corrected chi connectivity index (χ4v) is 3.06. The summed E-state index contributed by atoms with van der Waals surface area (Å²) in [4.78, 5) is 14.6. The van der Waals surface area contributed by atoms with Gasteiger partial charge in [-0.1, -0.05) is 6.07 Å². The van der Waals surface area contributed by atoms with Gasteiger partial charge < -0.3 is 19.1 Å². The SMILES string of the molecule is COc1cccc(C(=O)N2CCc3cc4c(cc3C2)OCO4)c1. The fourth-order valence-electron chi connectivity index (χ4n) is 3.06. The minimum atomic E-state index is 0.0206. The molecule has 0 N–H and O–H groups in total. The van der Waals surface area contributed by atoms with Crippen LogP contribution in [0.5, 0.6) is 17.2 Å². The molecule has 0 aliphatic carbocycles. The number of fused-ring (bicyclic) bond motifs is 2. The molecule has 0 saturated heterocycles. The highest BCUT2D eigenvalue weighted by molar-refractivity contribution is 5.94. The number of benzene rings is 2. The zero-order valence-electron chi connectivity index (χ0n) is 12.9. The minimum Gasteiger partial charge on any atom is -0.497 e. The molecule has 23 heavy (non-hydrogen) atoms. The molecule has 0 aromatic heterocycles. The predicted molar refractivity (Wildman–Crippen MR) is 84.0 cm³/mol. The second-order valence-electron chi connectivity index (χ2n) is 5.68. The Hall–Kier alpha value is -2.69. The van der Waals surface area contributed by atoms with Gasteiger partial charge in [-0.05, 0) is 47.9 Å². The largest absolute Gasteiger partial charge is 0.497 e. The highest BCUT2D eigenvalue weighted by atomic mass is 16.7. The van der Waals surface area contributed by atoms with Crippen LogP contribution in [0.4, 0.5) is 0 Å². The van der Waals surface area contributed by atoms with E-state index in [-0.39, 0.29) is 12.7 Å². The van der Waals surface area contributed by atoms with Crippen LogP contribution in [0.25, 0.3) is 0 Å². The van der Waals surface area contributed by atoms with E-state index in [1.54, 1.807) is 13.2 Å². The quantitative estimate of drug-likeness (QED) is 0.855. The lowest BCUT2D eigenvalue weighted by atomic mass is 9.98. The van der Waals surface area contributed by atoms with Gasteiger partial charge in [-0.15, -0.1) is 0 Å². The summed E-state index contributed by atoms with van der Waals surface area (Å²) in [5.74, 6) is 2.28. The summed E-state index contributed by atoms with van der Waals surface area (Å²) in [6, 6.07) is 11.3. The predicted octanol–water partition coefficient (Wildman–Crippen LogP) is 2.62. The Bertz CT molecular complexity index is 772. The van der Waals surface area contributed by atoms with Gasteiger partial charge in [-0.2, -0.15) is 0 Å². The minimum absolute atomic E-state index is 0.0206. The maximum atomic E-state index is 12.7. The molecule has 5 heteroatoms. The van der Waals surface area contributed by atoms with Crippen LogP contribution < -0.4 is 14.2 Å². The number of carbonyl (C=O) groups is 1. The number of ether oxygens (including phenoxy) is 3. The Morgan fingerprint density at radius 3 is 2.70 bits per heavy atom. The Kier molecular flexibility index (Phi) is 3.33. The van der Waals surface area contributed by atoms with Gasteiger partial charge in [0.15, 0.2) is 11.5 Å². The molecule has 0 spiro atoms. The number of rotatable bonds is 2. The number of hydrogen-bond acceptors (Lipinski definition) is 4. The van der Waals surface area contributed by atoms with E-state index in [4.69, 9.17) is 14.2 Å². The van der Waals surface area contributed by atoms with Crippen molar-refractivity contribution in [3.8, 4) is 17.2 Å². The maximum absolute atomic E-state index is 12.7. The Morgan fingerprint density at radius 2 is 1.91 bits per heavy atom. The molecule has 2 aromatic carbocycles. The van der Waals surface area contributed by atoms with Crippen molar-refractivity contribution in [3.05, 3.63) is 53.1 Å². The molecule has 2 aliphatic heterocycles. The molecule has 4 rings (SSSR count). The number of nitrogens with zero attached hydrogens (tertiary/aromatic N) is 1. The van der Waals surface area contributed by atoms with Gasteiger partial charge >= 0.3 is 0 Å². The van der Waals surface area contributed by atoms with Crippen molar-refractivity contribution in [3.63, 3.8) is 0 Å². The Balaban J connectivity index is 1.58. The zero-order valence-corrected chi connectivity index (χ0v) is 12.9. The third-order valence-electron chi connectivity index (χ3n) is 4.31. The van der Waals surface area contributed by atoms with Crippen LogP contribution >= 0.6 is 0 Å². The summed E-state index contributed by atoms with van der Waals surface area (Å²) >= 11 is 0. The second-order valence-corrected chi connectivity index (χ2v) is 5.68. The van der Waals surface area contributed by atoms with Gasteiger partial charge in [0.05, 0.1) is 7.11 Å². The van der Waals surface area contributed by atoms with Crippen LogP contribution in [0.1, 0.15) is 21.5 Å². The van der Waals surface area contributed by atoms with Gasteiger partial charge in [0, 0.05) is 18.7 Å². The average Bonchev–Trinajstić information content (AvgIpc) is 3.05. The van der Waals surface area contributed by atoms with Gasteiger partial charge in [-0.3, -0.25) is 4.79 Å². The summed E-state index contributed by atoms with van der Waals surface area (Å²) in [6.07, 6.45) is 0.821. The third kappa shape index (κ3) is 2.48. The van der Waals surface area contributed by atoms with Crippen LogP contribution in [0.3, 0.4) is 0 Å². The first-order valence-electron chi connectivity index (χ1n) is 7.59. The van der Waals surface area contributed by atoms with E-state index in [1.165, 1.54) is 5.56 Å². The molecule has 0 fully saturated rings. The molecule has 2 aliphatic rings. The van der Waals surface area contributed by atoms with E-state index in [0.29, 0.717) is 24.4 Å². The summed E-state index contributed by atoms with van der Waals surface area (Å²) in [7, 11) is 1.60. The van der Waals surface area contributed by atoms with Crippen LogP contribution in [0, 0.1) is 0 Å². The molecule has 2 heterocycles. The second kappa shape index (κ2) is 5.50. The lowest BCUT2D eigenvalue weighted by Crippen LogP contribution is -2.35. The lowest BCUT2D eigenvalue weighted by Gasteiger charge is -2.29. The van der Waals surface area contributed by atoms with E-state index in [2.05, 4.69) is 0 Å². The van der Waals surface area contributed by atoms with E-state index in [1.807, 2.05) is 35.2 Å². The third-order valence-corrected chi connectivity index (χ3v) is 4.31. The molecule has 0 radical (unpaired) electrons. The van der Waals surface area contributed by atoms with Gasteiger partial charge in [0.1, 0.15) is 5.75 Å². The van der Waals surface area contributed by atoms with E-state index >= 15 is 0 Å². The Labute approximate surface area is 134 Å². The van der Waals surface area contributed by atoms with E-state index in [9.17, 15) is 4.79 Å². The smallest absolute Gasteiger partial charge is 0.254 e. The molecule has 0 atom stereocenters. The molecule has 2 aromatic rings. The molecule has 0 unspecified atom stereocenters. The van der Waals surface area contributed by atoms with Crippen molar-refractivity contribution in [2.75, 3.05) is 20.4 Å². The zero-order chi connectivity index (χ0) is 15.8. The molecule has 5 nitrogen and oxygen atoms in total. The fraction of sp³-hybridized carbons (Fsp3) is 0.278. The summed E-state index contributed by atoms with van der Waals surface area (Å²) in [6.45, 7) is 1.55. The first-order chi connectivity index (χ1) is 11.2. The molecule has 0 saturated carbocycles. The van der Waals surface area contributed by atoms with Crippen LogP contribution in [0.15, 0.2) is 36.4 Å². The number of methoxy groups -OCH3 is 1. The highest BCUT2D eigenvalue weighted by Gasteiger charge is 2.25. The topological polar surface area (TPSA) is 48.0 Å². The van der Waals surface area contributed by atoms with E-state index in [0.717, 1.165) is 23.5 Å². The number of hydrogen-bond donors (Lipinski definition) is 0. The highest BCUT2D eigenvalue weighted by Crippen LogP contribution is 2.36. The Morgan fingerprint density at radius 1 is 1.13 bits per heavy atom. The van der Waals surface area contributed by atoms with Crippen molar-refractivity contribution >= 4 is 5.91 Å². The first-order valence-corrected chi connectivity index (χ1v) is 7.59. The van der Waals surface area contributed by atoms with Crippen LogP contribution in [-0.2, 0) is 13.0 Å². The molecular formula is C18H17NO4. The normalized spacial score (nSPS) is 15.3. The van der Waals surface area contributed by atoms with Crippen molar-refractivity contribution < 1.29 is 19.0 Å². The van der Waals surface area contributed by atoms with Crippen LogP contribution in [0.2, 0.25) is 0 Å². The van der Waals surface area contributed by atoms with Crippen LogP contribution in [-0.4, -0.2) is 31.3 Å². The van der Waals surface area contributed by atoms with Gasteiger partial charge in [0.25, 0.3) is 5.91 Å². The maximum Gasteiger partial charge on any atom is 0.254 e. The van der Waals surface area contributed by atoms with Crippen molar-refractivity contribution in [2.45, 2.75) is 13.0 Å². The van der Waals surface area contributed by atoms with Gasteiger partial charge in [0.2, 0.25) is 6.79 Å². The van der Waals surface area contributed by atoms with Gasteiger partial charge in [-0.25, -0.2) is 0 Å². The lowest BCUT2D eigenvalue weighted by molar-refractivity contribution is 0.0734.